The number of aliphatic carboxylic acids is 1. The highest BCUT2D eigenvalue weighted by molar-refractivity contribution is 7.12. The molecule has 64 valence electrons. The van der Waals surface area contributed by atoms with Gasteiger partial charge in [0.25, 0.3) is 0 Å². The van der Waals surface area contributed by atoms with Crippen LogP contribution in [0.2, 0.25) is 0 Å². The van der Waals surface area contributed by atoms with Crippen molar-refractivity contribution in [3.05, 3.63) is 21.9 Å². The first-order valence-electron chi connectivity index (χ1n) is 3.12. The third-order valence-electron chi connectivity index (χ3n) is 1.11. The molecule has 1 heterocycles. The minimum Gasteiger partial charge on any atom is -0.476 e. The van der Waals surface area contributed by atoms with Gasteiger partial charge >= 0.3 is 5.97 Å². The number of hydrogen-bond acceptors (Lipinski definition) is 3. The SMILES string of the molecule is Cc1ncc(C=C(F)C(=O)O)s1. The van der Waals surface area contributed by atoms with Gasteiger partial charge in [-0.1, -0.05) is 0 Å². The molecule has 0 fully saturated rings. The summed E-state index contributed by atoms with van der Waals surface area (Å²) in [6, 6.07) is 0. The Labute approximate surface area is 72.2 Å². The molecule has 0 unspecified atom stereocenters. The van der Waals surface area contributed by atoms with E-state index in [1.807, 2.05) is 0 Å². The van der Waals surface area contributed by atoms with Gasteiger partial charge in [-0.3, -0.25) is 0 Å². The lowest BCUT2D eigenvalue weighted by Crippen LogP contribution is -1.93. The number of carbonyl (C=O) groups is 1. The molecule has 0 radical (unpaired) electrons. The van der Waals surface area contributed by atoms with E-state index in [1.54, 1.807) is 6.92 Å². The molecule has 1 rings (SSSR count). The van der Waals surface area contributed by atoms with Gasteiger partial charge in [0.2, 0.25) is 5.83 Å². The van der Waals surface area contributed by atoms with Crippen LogP contribution < -0.4 is 0 Å². The molecule has 0 saturated heterocycles. The summed E-state index contributed by atoms with van der Waals surface area (Å²) < 4.78 is 12.5. The summed E-state index contributed by atoms with van der Waals surface area (Å²) in [5.74, 6) is -2.72. The second-order valence-corrected chi connectivity index (χ2v) is 3.35. The van der Waals surface area contributed by atoms with Crippen LogP contribution >= 0.6 is 11.3 Å². The number of nitrogens with zero attached hydrogens (tertiary/aromatic N) is 1. The van der Waals surface area contributed by atoms with Crippen LogP contribution in [0.4, 0.5) is 4.39 Å². The summed E-state index contributed by atoms with van der Waals surface area (Å²) in [6.45, 7) is 1.76. The Kier molecular flexibility index (Phi) is 2.54. The first-order chi connectivity index (χ1) is 5.59. The Bertz CT molecular complexity index is 332. The maximum Gasteiger partial charge on any atom is 0.364 e. The quantitative estimate of drug-likeness (QED) is 0.719. The molecule has 0 saturated carbocycles. The third kappa shape index (κ3) is 2.13. The first-order valence-corrected chi connectivity index (χ1v) is 3.94. The van der Waals surface area contributed by atoms with Crippen molar-refractivity contribution < 1.29 is 14.3 Å². The molecule has 0 aliphatic heterocycles. The number of aromatic nitrogens is 1. The predicted octanol–water partition coefficient (Wildman–Crippen LogP) is 1.85. The highest BCUT2D eigenvalue weighted by atomic mass is 32.1. The van der Waals surface area contributed by atoms with Crippen LogP contribution in [0.15, 0.2) is 12.0 Å². The van der Waals surface area contributed by atoms with Crippen molar-refractivity contribution in [3.8, 4) is 0 Å². The Morgan fingerprint density at radius 2 is 2.50 bits per heavy atom. The first kappa shape index (κ1) is 8.86. The smallest absolute Gasteiger partial charge is 0.364 e. The fourth-order valence-electron chi connectivity index (χ4n) is 0.631. The lowest BCUT2D eigenvalue weighted by molar-refractivity contribution is -0.134. The second kappa shape index (κ2) is 3.44. The molecular weight excluding hydrogens is 181 g/mol. The van der Waals surface area contributed by atoms with Crippen LogP contribution in [0.5, 0.6) is 0 Å². The number of halogens is 1. The lowest BCUT2D eigenvalue weighted by atomic mass is 10.4. The van der Waals surface area contributed by atoms with Crippen LogP contribution in [0.1, 0.15) is 9.88 Å². The Morgan fingerprint density at radius 1 is 1.83 bits per heavy atom. The monoisotopic (exact) mass is 187 g/mol. The molecule has 0 aliphatic rings. The fourth-order valence-corrected chi connectivity index (χ4v) is 1.35. The van der Waals surface area contributed by atoms with Crippen molar-refractivity contribution in [2.24, 2.45) is 0 Å². The van der Waals surface area contributed by atoms with E-state index in [0.29, 0.717) is 4.88 Å². The molecular formula is C7H6FNO2S. The van der Waals surface area contributed by atoms with E-state index < -0.39 is 11.8 Å². The van der Waals surface area contributed by atoms with E-state index in [9.17, 15) is 9.18 Å². The average Bonchev–Trinajstić information content (AvgIpc) is 2.35. The minimum absolute atomic E-state index is 0.507. The Balaban J connectivity index is 2.87. The van der Waals surface area contributed by atoms with Gasteiger partial charge < -0.3 is 5.11 Å². The zero-order valence-electron chi connectivity index (χ0n) is 6.24. The highest BCUT2D eigenvalue weighted by Crippen LogP contribution is 2.15. The summed E-state index contributed by atoms with van der Waals surface area (Å²) in [6.07, 6.45) is 2.38. The van der Waals surface area contributed by atoms with Crippen LogP contribution in [0.3, 0.4) is 0 Å². The van der Waals surface area contributed by atoms with Crippen LogP contribution in [0.25, 0.3) is 6.08 Å². The molecule has 0 aromatic carbocycles. The van der Waals surface area contributed by atoms with Gasteiger partial charge in [-0.25, -0.2) is 9.78 Å². The average molecular weight is 187 g/mol. The molecule has 0 spiro atoms. The molecule has 0 amide bonds. The zero-order chi connectivity index (χ0) is 9.14. The Hall–Kier alpha value is -1.23. The van der Waals surface area contributed by atoms with E-state index in [1.165, 1.54) is 17.5 Å². The predicted molar refractivity (Wildman–Crippen MR) is 43.6 cm³/mol. The topological polar surface area (TPSA) is 50.2 Å². The second-order valence-electron chi connectivity index (χ2n) is 2.08. The maximum absolute atomic E-state index is 12.5. The number of carboxylic acid groups (broad SMARTS) is 1. The van der Waals surface area contributed by atoms with E-state index in [2.05, 4.69) is 4.98 Å². The summed E-state index contributed by atoms with van der Waals surface area (Å²) in [4.78, 5) is 14.4. The number of hydrogen-bond donors (Lipinski definition) is 1. The number of aryl methyl sites for hydroxylation is 1. The molecule has 1 aromatic heterocycles. The molecule has 0 aliphatic carbocycles. The van der Waals surface area contributed by atoms with E-state index >= 15 is 0 Å². The molecule has 0 atom stereocenters. The molecule has 1 aromatic rings. The van der Waals surface area contributed by atoms with Gasteiger partial charge in [0.1, 0.15) is 0 Å². The largest absolute Gasteiger partial charge is 0.476 e. The summed E-state index contributed by atoms with van der Waals surface area (Å²) in [7, 11) is 0. The Morgan fingerprint density at radius 3 is 2.92 bits per heavy atom. The van der Waals surface area contributed by atoms with Crippen LogP contribution in [0, 0.1) is 6.92 Å². The minimum atomic E-state index is -1.55. The molecule has 0 bridgehead atoms. The van der Waals surface area contributed by atoms with E-state index in [4.69, 9.17) is 5.11 Å². The zero-order valence-corrected chi connectivity index (χ0v) is 7.06. The van der Waals surface area contributed by atoms with Crippen molar-refractivity contribution in [2.45, 2.75) is 6.92 Å². The lowest BCUT2D eigenvalue weighted by Gasteiger charge is -1.84. The van der Waals surface area contributed by atoms with Gasteiger partial charge in [-0.05, 0) is 6.92 Å². The molecule has 12 heavy (non-hydrogen) atoms. The van der Waals surface area contributed by atoms with E-state index in [0.717, 1.165) is 11.1 Å². The summed E-state index contributed by atoms with van der Waals surface area (Å²) in [5, 5.41) is 8.97. The van der Waals surface area contributed by atoms with Gasteiger partial charge in [-0.15, -0.1) is 11.3 Å². The third-order valence-corrected chi connectivity index (χ3v) is 1.97. The number of carboxylic acids is 1. The molecule has 3 nitrogen and oxygen atoms in total. The van der Waals surface area contributed by atoms with Crippen LogP contribution in [-0.4, -0.2) is 16.1 Å². The van der Waals surface area contributed by atoms with Gasteiger partial charge in [-0.2, -0.15) is 4.39 Å². The number of rotatable bonds is 2. The number of thiazole rings is 1. The van der Waals surface area contributed by atoms with Crippen molar-refractivity contribution >= 4 is 23.4 Å². The van der Waals surface area contributed by atoms with Gasteiger partial charge in [0.15, 0.2) is 0 Å². The maximum atomic E-state index is 12.5. The highest BCUT2D eigenvalue weighted by Gasteiger charge is 2.05. The van der Waals surface area contributed by atoms with Crippen LogP contribution in [-0.2, 0) is 4.79 Å². The fraction of sp³-hybridized carbons (Fsp3) is 0.143. The van der Waals surface area contributed by atoms with Gasteiger partial charge in [0, 0.05) is 12.3 Å². The summed E-state index contributed by atoms with van der Waals surface area (Å²) in [5.41, 5.74) is 0. The van der Waals surface area contributed by atoms with Crippen molar-refractivity contribution in [2.75, 3.05) is 0 Å². The summed E-state index contributed by atoms with van der Waals surface area (Å²) >= 11 is 1.24. The molecule has 1 N–H and O–H groups in total. The van der Waals surface area contributed by atoms with Crippen molar-refractivity contribution in [1.29, 1.82) is 0 Å². The molecule has 5 heteroatoms. The van der Waals surface area contributed by atoms with Gasteiger partial charge in [0.05, 0.1) is 9.88 Å². The van der Waals surface area contributed by atoms with Crippen molar-refractivity contribution in [1.82, 2.24) is 4.98 Å². The normalized spacial score (nSPS) is 11.7. The standard InChI is InChI=1S/C7H6FNO2S/c1-4-9-3-5(12-4)2-6(8)7(10)11/h2-3H,1H3,(H,10,11). The van der Waals surface area contributed by atoms with E-state index in [-0.39, 0.29) is 0 Å². The van der Waals surface area contributed by atoms with Crippen molar-refractivity contribution in [3.63, 3.8) is 0 Å².